The minimum Gasteiger partial charge on any atom is -0.333 e. The van der Waals surface area contributed by atoms with Crippen molar-refractivity contribution >= 4 is 61.2 Å². The van der Waals surface area contributed by atoms with E-state index < -0.39 is 0 Å². The smallest absolute Gasteiger partial charge is 0.267 e. The Bertz CT molecular complexity index is 1180. The van der Waals surface area contributed by atoms with Crippen molar-refractivity contribution in [3.05, 3.63) is 62.2 Å². The van der Waals surface area contributed by atoms with E-state index in [2.05, 4.69) is 15.3 Å². The second-order valence-electron chi connectivity index (χ2n) is 6.33. The van der Waals surface area contributed by atoms with Crippen molar-refractivity contribution in [2.45, 2.75) is 13.0 Å². The second kappa shape index (κ2) is 7.08. The Labute approximate surface area is 172 Å². The Morgan fingerprint density at radius 2 is 2.11 bits per heavy atom. The zero-order valence-corrected chi connectivity index (χ0v) is 17.0. The van der Waals surface area contributed by atoms with Crippen molar-refractivity contribution in [2.24, 2.45) is 0 Å². The maximum atomic E-state index is 12.9. The molecule has 0 saturated carbocycles. The highest BCUT2D eigenvalue weighted by atomic mass is 32.1. The number of carbonyl (C=O) groups is 2. The predicted octanol–water partition coefficient (Wildman–Crippen LogP) is 4.27. The summed E-state index contributed by atoms with van der Waals surface area (Å²) in [6.45, 7) is 1.13. The van der Waals surface area contributed by atoms with Gasteiger partial charge in [-0.3, -0.25) is 14.9 Å². The van der Waals surface area contributed by atoms with Crippen molar-refractivity contribution in [1.29, 1.82) is 0 Å². The number of nitrogens with zero attached hydrogens (tertiary/aromatic N) is 3. The van der Waals surface area contributed by atoms with E-state index in [0.717, 1.165) is 20.8 Å². The van der Waals surface area contributed by atoms with Gasteiger partial charge in [0.1, 0.15) is 0 Å². The van der Waals surface area contributed by atoms with E-state index in [1.54, 1.807) is 11.6 Å². The van der Waals surface area contributed by atoms with Crippen LogP contribution >= 0.6 is 34.0 Å². The molecule has 0 aliphatic carbocycles. The Morgan fingerprint density at radius 1 is 1.18 bits per heavy atom. The molecule has 3 aromatic heterocycles. The van der Waals surface area contributed by atoms with Gasteiger partial charge in [0.25, 0.3) is 11.8 Å². The lowest BCUT2D eigenvalue weighted by Crippen LogP contribution is -2.35. The lowest BCUT2D eigenvalue weighted by molar-refractivity contribution is 0.0736. The zero-order valence-electron chi connectivity index (χ0n) is 14.5. The number of thiazole rings is 2. The van der Waals surface area contributed by atoms with Gasteiger partial charge in [-0.25, -0.2) is 9.97 Å². The Morgan fingerprint density at radius 3 is 2.96 bits per heavy atom. The first-order valence-electron chi connectivity index (χ1n) is 8.63. The van der Waals surface area contributed by atoms with E-state index in [0.29, 0.717) is 35.1 Å². The maximum Gasteiger partial charge on any atom is 0.267 e. The summed E-state index contributed by atoms with van der Waals surface area (Å²) in [4.78, 5) is 37.5. The molecule has 0 atom stereocenters. The van der Waals surface area contributed by atoms with Crippen LogP contribution in [-0.4, -0.2) is 33.2 Å². The van der Waals surface area contributed by atoms with Gasteiger partial charge >= 0.3 is 0 Å². The van der Waals surface area contributed by atoms with Crippen molar-refractivity contribution < 1.29 is 9.59 Å². The summed E-state index contributed by atoms with van der Waals surface area (Å²) in [7, 11) is 0. The molecule has 9 heteroatoms. The van der Waals surface area contributed by atoms with Crippen LogP contribution in [0.2, 0.25) is 0 Å². The van der Waals surface area contributed by atoms with Crippen LogP contribution in [-0.2, 0) is 13.0 Å². The Hall–Kier alpha value is -2.62. The van der Waals surface area contributed by atoms with Crippen molar-refractivity contribution in [1.82, 2.24) is 14.9 Å². The highest BCUT2D eigenvalue weighted by Gasteiger charge is 2.25. The summed E-state index contributed by atoms with van der Waals surface area (Å²) in [6.07, 6.45) is 0.690. The fourth-order valence-electron chi connectivity index (χ4n) is 3.16. The third-order valence-electron chi connectivity index (χ3n) is 4.56. The van der Waals surface area contributed by atoms with Crippen molar-refractivity contribution in [2.75, 3.05) is 11.9 Å². The van der Waals surface area contributed by atoms with Crippen LogP contribution in [0.5, 0.6) is 0 Å². The average Bonchev–Trinajstić information content (AvgIpc) is 3.45. The second-order valence-corrected chi connectivity index (χ2v) is 9.25. The summed E-state index contributed by atoms with van der Waals surface area (Å²) in [5.41, 5.74) is 4.34. The average molecular weight is 427 g/mol. The minimum atomic E-state index is -0.146. The SMILES string of the molecule is O=C(Nc1nc2c(s1)CN(C(=O)c1ccc3ncsc3c1)CC2)c1cccs1. The highest BCUT2D eigenvalue weighted by molar-refractivity contribution is 7.17. The number of amides is 2. The van der Waals surface area contributed by atoms with Gasteiger partial charge in [0, 0.05) is 23.4 Å². The molecular formula is C19H14N4O2S3. The molecule has 5 rings (SSSR count). The number of fused-ring (bicyclic) bond motifs is 2. The summed E-state index contributed by atoms with van der Waals surface area (Å²) in [5, 5.41) is 5.32. The van der Waals surface area contributed by atoms with Crippen LogP contribution in [0.3, 0.4) is 0 Å². The number of rotatable bonds is 3. The molecule has 0 fully saturated rings. The Kier molecular flexibility index (Phi) is 4.42. The quantitative estimate of drug-likeness (QED) is 0.531. The van der Waals surface area contributed by atoms with Gasteiger partial charge in [-0.1, -0.05) is 17.4 Å². The first kappa shape index (κ1) is 17.5. The molecule has 4 heterocycles. The standard InChI is InChI=1S/C19H14N4O2S3/c24-17(14-2-1-7-26-14)22-19-21-13-5-6-23(9-16(13)28-19)18(25)11-3-4-12-15(8-11)27-10-20-12/h1-4,7-8,10H,5-6,9H2,(H,21,22,24). The summed E-state index contributed by atoms with van der Waals surface area (Å²) in [5.74, 6) is -0.134. The van der Waals surface area contributed by atoms with Gasteiger partial charge in [-0.15, -0.1) is 22.7 Å². The largest absolute Gasteiger partial charge is 0.333 e. The van der Waals surface area contributed by atoms with Gasteiger partial charge in [-0.05, 0) is 29.6 Å². The van der Waals surface area contributed by atoms with Crippen LogP contribution in [0.1, 0.15) is 30.6 Å². The van der Waals surface area contributed by atoms with Gasteiger partial charge in [0.15, 0.2) is 5.13 Å². The number of aromatic nitrogens is 2. The number of benzene rings is 1. The van der Waals surface area contributed by atoms with Crippen LogP contribution in [0.25, 0.3) is 10.2 Å². The monoisotopic (exact) mass is 426 g/mol. The molecule has 0 saturated heterocycles. The normalized spacial score (nSPS) is 13.5. The van der Waals surface area contributed by atoms with E-state index in [9.17, 15) is 9.59 Å². The molecule has 0 spiro atoms. The van der Waals surface area contributed by atoms with Crippen LogP contribution < -0.4 is 5.32 Å². The number of hydrogen-bond acceptors (Lipinski definition) is 7. The van der Waals surface area contributed by atoms with Crippen LogP contribution in [0.4, 0.5) is 5.13 Å². The lowest BCUT2D eigenvalue weighted by Gasteiger charge is -2.26. The molecular weight excluding hydrogens is 412 g/mol. The van der Waals surface area contributed by atoms with Crippen molar-refractivity contribution in [3.63, 3.8) is 0 Å². The van der Waals surface area contributed by atoms with E-state index in [4.69, 9.17) is 0 Å². The number of thiophene rings is 1. The summed E-state index contributed by atoms with van der Waals surface area (Å²) >= 11 is 4.37. The number of nitrogens with one attached hydrogen (secondary N) is 1. The third kappa shape index (κ3) is 3.21. The summed E-state index contributed by atoms with van der Waals surface area (Å²) < 4.78 is 1.01. The Balaban J connectivity index is 1.32. The molecule has 1 N–H and O–H groups in total. The molecule has 0 unspecified atom stereocenters. The maximum absolute atomic E-state index is 12.9. The molecule has 28 heavy (non-hydrogen) atoms. The lowest BCUT2D eigenvalue weighted by atomic mass is 10.1. The van der Waals surface area contributed by atoms with Crippen LogP contribution in [0, 0.1) is 0 Å². The van der Waals surface area contributed by atoms with E-state index in [1.165, 1.54) is 34.0 Å². The molecule has 140 valence electrons. The first-order chi connectivity index (χ1) is 13.7. The molecule has 0 radical (unpaired) electrons. The molecule has 2 amide bonds. The molecule has 1 aliphatic rings. The zero-order chi connectivity index (χ0) is 19.1. The van der Waals surface area contributed by atoms with Crippen molar-refractivity contribution in [3.8, 4) is 0 Å². The first-order valence-corrected chi connectivity index (χ1v) is 11.2. The van der Waals surface area contributed by atoms with Gasteiger partial charge < -0.3 is 4.90 Å². The van der Waals surface area contributed by atoms with Gasteiger partial charge in [0.05, 0.1) is 32.8 Å². The van der Waals surface area contributed by atoms with Crippen LogP contribution in [0.15, 0.2) is 41.2 Å². The molecule has 0 bridgehead atoms. The fraction of sp³-hybridized carbons (Fsp3) is 0.158. The molecule has 6 nitrogen and oxygen atoms in total. The van der Waals surface area contributed by atoms with E-state index in [-0.39, 0.29) is 11.8 Å². The number of anilines is 1. The molecule has 4 aromatic rings. The third-order valence-corrected chi connectivity index (χ3v) is 7.22. The van der Waals surface area contributed by atoms with E-state index >= 15 is 0 Å². The molecule has 1 aliphatic heterocycles. The topological polar surface area (TPSA) is 75.2 Å². The summed E-state index contributed by atoms with van der Waals surface area (Å²) in [6, 6.07) is 9.26. The number of hydrogen-bond donors (Lipinski definition) is 1. The minimum absolute atomic E-state index is 0.0125. The highest BCUT2D eigenvalue weighted by Crippen LogP contribution is 2.30. The predicted molar refractivity (Wildman–Crippen MR) is 112 cm³/mol. The fourth-order valence-corrected chi connectivity index (χ4v) is 5.51. The van der Waals surface area contributed by atoms with E-state index in [1.807, 2.05) is 34.5 Å². The molecule has 1 aromatic carbocycles. The number of carbonyl (C=O) groups excluding carboxylic acids is 2. The van der Waals surface area contributed by atoms with Gasteiger partial charge in [-0.2, -0.15) is 0 Å². The van der Waals surface area contributed by atoms with Gasteiger partial charge in [0.2, 0.25) is 0 Å².